The maximum atomic E-state index is 10.8. The largest absolute Gasteiger partial charge is 0.469 e. The summed E-state index contributed by atoms with van der Waals surface area (Å²) < 4.78 is 5.46. The van der Waals surface area contributed by atoms with Gasteiger partial charge in [0, 0.05) is 9.50 Å². The minimum atomic E-state index is -0.266. The molecule has 0 radical (unpaired) electrons. The SMILES string of the molecule is COC(=O)CC=Cc1cc(Br)ccc1Cl. The van der Waals surface area contributed by atoms with Crippen LogP contribution in [0.3, 0.4) is 0 Å². The summed E-state index contributed by atoms with van der Waals surface area (Å²) >= 11 is 9.30. The molecule has 0 saturated carbocycles. The molecular weight excluding hydrogens is 279 g/mol. The summed E-state index contributed by atoms with van der Waals surface area (Å²) in [5, 5.41) is 0.652. The Balaban J connectivity index is 2.71. The van der Waals surface area contributed by atoms with Crippen LogP contribution in [-0.2, 0) is 9.53 Å². The van der Waals surface area contributed by atoms with E-state index in [1.165, 1.54) is 7.11 Å². The molecule has 1 aromatic carbocycles. The number of hydrogen-bond donors (Lipinski definition) is 0. The molecular formula is C11H10BrClO2. The van der Waals surface area contributed by atoms with Gasteiger partial charge < -0.3 is 4.74 Å². The topological polar surface area (TPSA) is 26.3 Å². The molecule has 0 unspecified atom stereocenters. The van der Waals surface area contributed by atoms with Gasteiger partial charge in [0.1, 0.15) is 0 Å². The van der Waals surface area contributed by atoms with Gasteiger partial charge in [0.15, 0.2) is 0 Å². The zero-order valence-corrected chi connectivity index (χ0v) is 10.5. The summed E-state index contributed by atoms with van der Waals surface area (Å²) in [5.74, 6) is -0.266. The summed E-state index contributed by atoms with van der Waals surface area (Å²) in [7, 11) is 1.36. The Morgan fingerprint density at radius 1 is 1.60 bits per heavy atom. The Kier molecular flexibility index (Phi) is 4.85. The van der Waals surface area contributed by atoms with Crippen molar-refractivity contribution in [1.82, 2.24) is 0 Å². The second-order valence-electron chi connectivity index (χ2n) is 2.85. The number of halogens is 2. The van der Waals surface area contributed by atoms with Crippen LogP contribution in [-0.4, -0.2) is 13.1 Å². The van der Waals surface area contributed by atoms with E-state index in [2.05, 4.69) is 20.7 Å². The van der Waals surface area contributed by atoms with E-state index in [1.807, 2.05) is 12.1 Å². The highest BCUT2D eigenvalue weighted by atomic mass is 79.9. The molecule has 0 amide bonds. The molecule has 0 bridgehead atoms. The molecule has 2 nitrogen and oxygen atoms in total. The number of carbonyl (C=O) groups excluding carboxylic acids is 1. The predicted octanol–water partition coefficient (Wildman–Crippen LogP) is 3.68. The monoisotopic (exact) mass is 288 g/mol. The van der Waals surface area contributed by atoms with Gasteiger partial charge in [0.05, 0.1) is 13.5 Å². The van der Waals surface area contributed by atoms with Gasteiger partial charge in [-0.05, 0) is 23.8 Å². The molecule has 0 aliphatic heterocycles. The molecule has 0 heterocycles. The summed E-state index contributed by atoms with van der Waals surface area (Å²) in [6, 6.07) is 5.54. The Morgan fingerprint density at radius 3 is 3.00 bits per heavy atom. The van der Waals surface area contributed by atoms with Crippen LogP contribution in [0.2, 0.25) is 5.02 Å². The van der Waals surface area contributed by atoms with E-state index < -0.39 is 0 Å². The first-order chi connectivity index (χ1) is 7.13. The third kappa shape index (κ3) is 4.06. The lowest BCUT2D eigenvalue weighted by atomic mass is 10.2. The quantitative estimate of drug-likeness (QED) is 0.794. The molecule has 0 fully saturated rings. The number of benzene rings is 1. The zero-order chi connectivity index (χ0) is 11.3. The Labute approximate surface area is 102 Å². The fourth-order valence-corrected chi connectivity index (χ4v) is 1.57. The maximum Gasteiger partial charge on any atom is 0.309 e. The van der Waals surface area contributed by atoms with Gasteiger partial charge in [-0.2, -0.15) is 0 Å². The number of esters is 1. The van der Waals surface area contributed by atoms with Gasteiger partial charge in [-0.1, -0.05) is 39.7 Å². The predicted molar refractivity (Wildman–Crippen MR) is 64.8 cm³/mol. The van der Waals surface area contributed by atoms with Crippen LogP contribution in [0.1, 0.15) is 12.0 Å². The van der Waals surface area contributed by atoms with Gasteiger partial charge >= 0.3 is 5.97 Å². The Bertz CT molecular complexity index is 388. The first-order valence-electron chi connectivity index (χ1n) is 4.32. The van der Waals surface area contributed by atoms with Crippen LogP contribution in [0.4, 0.5) is 0 Å². The van der Waals surface area contributed by atoms with Gasteiger partial charge in [-0.15, -0.1) is 0 Å². The van der Waals surface area contributed by atoms with E-state index in [-0.39, 0.29) is 12.4 Å². The van der Waals surface area contributed by atoms with E-state index in [9.17, 15) is 4.79 Å². The van der Waals surface area contributed by atoms with E-state index in [4.69, 9.17) is 11.6 Å². The van der Waals surface area contributed by atoms with Crippen molar-refractivity contribution in [1.29, 1.82) is 0 Å². The van der Waals surface area contributed by atoms with Crippen LogP contribution >= 0.6 is 27.5 Å². The molecule has 15 heavy (non-hydrogen) atoms. The normalized spacial score (nSPS) is 10.6. The molecule has 1 rings (SSSR count). The van der Waals surface area contributed by atoms with E-state index in [0.29, 0.717) is 5.02 Å². The smallest absolute Gasteiger partial charge is 0.309 e. The Hall–Kier alpha value is -0.800. The number of hydrogen-bond acceptors (Lipinski definition) is 2. The number of methoxy groups -OCH3 is 1. The summed E-state index contributed by atoms with van der Waals surface area (Å²) in [5.41, 5.74) is 0.870. The third-order valence-corrected chi connectivity index (χ3v) is 2.61. The van der Waals surface area contributed by atoms with Crippen LogP contribution in [0.25, 0.3) is 6.08 Å². The van der Waals surface area contributed by atoms with Crippen molar-refractivity contribution in [3.05, 3.63) is 39.3 Å². The van der Waals surface area contributed by atoms with Crippen molar-refractivity contribution in [2.45, 2.75) is 6.42 Å². The van der Waals surface area contributed by atoms with Crippen molar-refractivity contribution in [2.24, 2.45) is 0 Å². The van der Waals surface area contributed by atoms with Gasteiger partial charge in [-0.25, -0.2) is 0 Å². The number of ether oxygens (including phenoxy) is 1. The first kappa shape index (κ1) is 12.3. The van der Waals surface area contributed by atoms with Crippen molar-refractivity contribution < 1.29 is 9.53 Å². The molecule has 1 aromatic rings. The summed E-state index contributed by atoms with van der Waals surface area (Å²) in [6.45, 7) is 0. The fraction of sp³-hybridized carbons (Fsp3) is 0.182. The fourth-order valence-electron chi connectivity index (χ4n) is 1.01. The molecule has 0 aromatic heterocycles. The minimum Gasteiger partial charge on any atom is -0.469 e. The highest BCUT2D eigenvalue weighted by Crippen LogP contribution is 2.22. The second-order valence-corrected chi connectivity index (χ2v) is 4.17. The first-order valence-corrected chi connectivity index (χ1v) is 5.49. The highest BCUT2D eigenvalue weighted by molar-refractivity contribution is 9.10. The number of rotatable bonds is 3. The molecule has 0 N–H and O–H groups in total. The van der Waals surface area contributed by atoms with Crippen LogP contribution in [0.5, 0.6) is 0 Å². The molecule has 0 atom stereocenters. The Morgan fingerprint density at radius 2 is 2.33 bits per heavy atom. The van der Waals surface area contributed by atoms with Crippen molar-refractivity contribution in [2.75, 3.05) is 7.11 Å². The standard InChI is InChI=1S/C11H10BrClO2/c1-15-11(14)4-2-3-8-7-9(12)5-6-10(8)13/h2-3,5-7H,4H2,1H3. The molecule has 80 valence electrons. The number of carbonyl (C=O) groups is 1. The minimum absolute atomic E-state index is 0.249. The zero-order valence-electron chi connectivity index (χ0n) is 8.17. The van der Waals surface area contributed by atoms with Gasteiger partial charge in [0.2, 0.25) is 0 Å². The lowest BCUT2D eigenvalue weighted by Gasteiger charge is -1.98. The van der Waals surface area contributed by atoms with Crippen molar-refractivity contribution in [3.63, 3.8) is 0 Å². The average molecular weight is 290 g/mol. The molecule has 4 heteroatoms. The van der Waals surface area contributed by atoms with Crippen LogP contribution in [0, 0.1) is 0 Å². The average Bonchev–Trinajstić information content (AvgIpc) is 2.23. The third-order valence-electron chi connectivity index (χ3n) is 1.77. The highest BCUT2D eigenvalue weighted by Gasteiger charge is 1.98. The molecule has 0 aliphatic carbocycles. The summed E-state index contributed by atoms with van der Waals surface area (Å²) in [6.07, 6.45) is 3.77. The molecule has 0 aliphatic rings. The van der Waals surface area contributed by atoms with Gasteiger partial charge in [-0.3, -0.25) is 4.79 Å². The van der Waals surface area contributed by atoms with Crippen molar-refractivity contribution >= 4 is 39.6 Å². The van der Waals surface area contributed by atoms with E-state index >= 15 is 0 Å². The maximum absolute atomic E-state index is 10.8. The lowest BCUT2D eigenvalue weighted by molar-refractivity contribution is -0.139. The van der Waals surface area contributed by atoms with E-state index in [0.717, 1.165) is 10.0 Å². The van der Waals surface area contributed by atoms with Gasteiger partial charge in [0.25, 0.3) is 0 Å². The van der Waals surface area contributed by atoms with Crippen molar-refractivity contribution in [3.8, 4) is 0 Å². The molecule has 0 saturated heterocycles. The molecule has 0 spiro atoms. The second kappa shape index (κ2) is 5.93. The summed E-state index contributed by atoms with van der Waals surface area (Å²) in [4.78, 5) is 10.8. The lowest BCUT2D eigenvalue weighted by Crippen LogP contribution is -1.96. The van der Waals surface area contributed by atoms with E-state index in [1.54, 1.807) is 18.2 Å². The van der Waals surface area contributed by atoms with Crippen LogP contribution in [0.15, 0.2) is 28.7 Å². The van der Waals surface area contributed by atoms with Crippen LogP contribution < -0.4 is 0 Å².